The summed E-state index contributed by atoms with van der Waals surface area (Å²) in [5, 5.41) is 3.82. The van der Waals surface area contributed by atoms with Gasteiger partial charge in [0.25, 0.3) is 0 Å². The average molecular weight is 215 g/mol. The molecule has 1 saturated heterocycles. The van der Waals surface area contributed by atoms with Gasteiger partial charge in [0, 0.05) is 11.5 Å². The van der Waals surface area contributed by atoms with E-state index in [2.05, 4.69) is 35.6 Å². The minimum absolute atomic E-state index is 0.444. The summed E-state index contributed by atoms with van der Waals surface area (Å²) in [5.41, 5.74) is 2.00. The van der Waals surface area contributed by atoms with Gasteiger partial charge in [0.15, 0.2) is 0 Å². The van der Waals surface area contributed by atoms with Gasteiger partial charge < -0.3 is 5.32 Å². The fourth-order valence-corrected chi connectivity index (χ4v) is 3.75. The van der Waals surface area contributed by atoms with Crippen LogP contribution in [0.4, 0.5) is 0 Å². The number of rotatable bonds is 1. The fraction of sp³-hybridized carbons (Fsp3) is 0.600. The molecule has 1 aliphatic carbocycles. The van der Waals surface area contributed by atoms with Crippen molar-refractivity contribution in [2.24, 2.45) is 0 Å². The van der Waals surface area contributed by atoms with Gasteiger partial charge in [-0.1, -0.05) is 43.2 Å². The van der Waals surface area contributed by atoms with Crippen LogP contribution in [0.15, 0.2) is 30.3 Å². The Morgan fingerprint density at radius 1 is 1.00 bits per heavy atom. The van der Waals surface area contributed by atoms with Gasteiger partial charge in [0.1, 0.15) is 0 Å². The van der Waals surface area contributed by atoms with Gasteiger partial charge in [-0.2, -0.15) is 0 Å². The molecule has 1 aliphatic heterocycles. The Morgan fingerprint density at radius 3 is 2.56 bits per heavy atom. The van der Waals surface area contributed by atoms with Crippen molar-refractivity contribution in [3.63, 3.8) is 0 Å². The largest absolute Gasteiger partial charge is 0.311 e. The zero-order valence-electron chi connectivity index (χ0n) is 9.91. The molecule has 1 aromatic rings. The molecule has 1 heterocycles. The molecular weight excluding hydrogens is 194 g/mol. The van der Waals surface area contributed by atoms with Crippen molar-refractivity contribution < 1.29 is 0 Å². The Morgan fingerprint density at radius 2 is 1.81 bits per heavy atom. The molecule has 1 saturated carbocycles. The lowest BCUT2D eigenvalue weighted by Gasteiger charge is -2.42. The number of hydrogen-bond donors (Lipinski definition) is 1. The first kappa shape index (κ1) is 10.3. The highest BCUT2D eigenvalue weighted by Gasteiger charge is 2.42. The summed E-state index contributed by atoms with van der Waals surface area (Å²) in [6.45, 7) is 1.23. The Labute approximate surface area is 98.3 Å². The van der Waals surface area contributed by atoms with Crippen molar-refractivity contribution in [1.82, 2.24) is 5.32 Å². The summed E-state index contributed by atoms with van der Waals surface area (Å²) in [6, 6.07) is 11.1. The van der Waals surface area contributed by atoms with E-state index in [-0.39, 0.29) is 0 Å². The molecule has 0 aromatic heterocycles. The maximum Gasteiger partial charge on any atom is 0.0250 e. The second kappa shape index (κ2) is 4.21. The monoisotopic (exact) mass is 215 g/mol. The third-order valence-electron chi connectivity index (χ3n) is 4.51. The molecule has 0 radical (unpaired) electrons. The first-order valence-electron chi connectivity index (χ1n) is 6.71. The molecule has 1 nitrogen and oxygen atoms in total. The summed E-state index contributed by atoms with van der Waals surface area (Å²) in [4.78, 5) is 0. The molecule has 2 atom stereocenters. The zero-order valence-corrected chi connectivity index (χ0v) is 9.91. The lowest BCUT2D eigenvalue weighted by molar-refractivity contribution is 0.222. The summed E-state index contributed by atoms with van der Waals surface area (Å²) >= 11 is 0. The van der Waals surface area contributed by atoms with E-state index in [4.69, 9.17) is 0 Å². The molecule has 2 fully saturated rings. The molecule has 0 unspecified atom stereocenters. The Balaban J connectivity index is 1.91. The minimum atomic E-state index is 0.444. The summed E-state index contributed by atoms with van der Waals surface area (Å²) in [5.74, 6) is 0.755. The van der Waals surface area contributed by atoms with Gasteiger partial charge in [-0.05, 0) is 37.8 Å². The van der Waals surface area contributed by atoms with Crippen molar-refractivity contribution >= 4 is 0 Å². The van der Waals surface area contributed by atoms with E-state index in [1.165, 1.54) is 45.1 Å². The van der Waals surface area contributed by atoms with Crippen LogP contribution in [-0.4, -0.2) is 12.1 Å². The molecule has 0 bridgehead atoms. The van der Waals surface area contributed by atoms with Gasteiger partial charge in [0.05, 0.1) is 0 Å². The van der Waals surface area contributed by atoms with E-state index >= 15 is 0 Å². The highest BCUT2D eigenvalue weighted by molar-refractivity contribution is 5.25. The fourth-order valence-electron chi connectivity index (χ4n) is 3.75. The van der Waals surface area contributed by atoms with Crippen LogP contribution in [0.3, 0.4) is 0 Å². The summed E-state index contributed by atoms with van der Waals surface area (Å²) in [6.07, 6.45) is 8.32. The highest BCUT2D eigenvalue weighted by Crippen LogP contribution is 2.45. The third kappa shape index (κ3) is 1.67. The molecule has 16 heavy (non-hydrogen) atoms. The van der Waals surface area contributed by atoms with Gasteiger partial charge in [0.2, 0.25) is 0 Å². The summed E-state index contributed by atoms with van der Waals surface area (Å²) in [7, 11) is 0. The van der Waals surface area contributed by atoms with E-state index < -0.39 is 0 Å². The van der Waals surface area contributed by atoms with Crippen molar-refractivity contribution in [2.75, 3.05) is 6.54 Å². The molecule has 3 rings (SSSR count). The smallest absolute Gasteiger partial charge is 0.0250 e. The van der Waals surface area contributed by atoms with Crippen molar-refractivity contribution in [3.8, 4) is 0 Å². The normalized spacial score (nSPS) is 34.4. The zero-order chi connectivity index (χ0) is 10.8. The number of nitrogens with one attached hydrogen (secondary N) is 1. The molecule has 1 spiro atoms. The number of benzene rings is 1. The van der Waals surface area contributed by atoms with Gasteiger partial charge >= 0.3 is 0 Å². The Kier molecular flexibility index (Phi) is 2.72. The molecule has 86 valence electrons. The maximum atomic E-state index is 3.82. The Hall–Kier alpha value is -0.820. The predicted molar refractivity (Wildman–Crippen MR) is 67.6 cm³/mol. The van der Waals surface area contributed by atoms with E-state index in [1.54, 1.807) is 5.56 Å². The van der Waals surface area contributed by atoms with E-state index in [0.29, 0.717) is 5.54 Å². The standard InChI is InChI=1S/C15H21N/c1-2-7-13(8-3-1)14-9-4-5-10-15(14)11-6-12-16-15/h1-3,7-8,14,16H,4-6,9-12H2/t14-,15+/m0/s1. The van der Waals surface area contributed by atoms with Gasteiger partial charge in [-0.25, -0.2) is 0 Å². The van der Waals surface area contributed by atoms with Crippen molar-refractivity contribution in [2.45, 2.75) is 50.0 Å². The lowest BCUT2D eigenvalue weighted by atomic mass is 9.69. The topological polar surface area (TPSA) is 12.0 Å². The van der Waals surface area contributed by atoms with E-state index in [1.807, 2.05) is 0 Å². The SMILES string of the molecule is c1ccc([C@@H]2CCCC[C@@]23CCCN3)cc1. The molecule has 1 heteroatoms. The average Bonchev–Trinajstić information content (AvgIpc) is 2.80. The Bertz CT molecular complexity index is 338. The van der Waals surface area contributed by atoms with Crippen molar-refractivity contribution in [1.29, 1.82) is 0 Å². The predicted octanol–water partition coefficient (Wildman–Crippen LogP) is 3.47. The molecule has 1 N–H and O–H groups in total. The summed E-state index contributed by atoms with van der Waals surface area (Å²) < 4.78 is 0. The van der Waals surface area contributed by atoms with Gasteiger partial charge in [-0.3, -0.25) is 0 Å². The first-order chi connectivity index (χ1) is 7.91. The second-order valence-electron chi connectivity index (χ2n) is 5.40. The molecular formula is C15H21N. The highest BCUT2D eigenvalue weighted by atomic mass is 15.0. The van der Waals surface area contributed by atoms with Crippen LogP contribution >= 0.6 is 0 Å². The van der Waals surface area contributed by atoms with E-state index in [9.17, 15) is 0 Å². The molecule has 1 aromatic carbocycles. The quantitative estimate of drug-likeness (QED) is 0.756. The van der Waals surface area contributed by atoms with E-state index in [0.717, 1.165) is 5.92 Å². The van der Waals surface area contributed by atoms with Crippen LogP contribution in [0.25, 0.3) is 0 Å². The maximum absolute atomic E-state index is 3.82. The van der Waals surface area contributed by atoms with Crippen LogP contribution in [0.5, 0.6) is 0 Å². The lowest BCUT2D eigenvalue weighted by Crippen LogP contribution is -2.47. The van der Waals surface area contributed by atoms with Crippen LogP contribution < -0.4 is 5.32 Å². The van der Waals surface area contributed by atoms with Crippen LogP contribution in [0.2, 0.25) is 0 Å². The first-order valence-corrected chi connectivity index (χ1v) is 6.71. The second-order valence-corrected chi connectivity index (χ2v) is 5.40. The van der Waals surface area contributed by atoms with Gasteiger partial charge in [-0.15, -0.1) is 0 Å². The van der Waals surface area contributed by atoms with Crippen molar-refractivity contribution in [3.05, 3.63) is 35.9 Å². The number of hydrogen-bond acceptors (Lipinski definition) is 1. The van der Waals surface area contributed by atoms with Crippen LogP contribution in [0, 0.1) is 0 Å². The molecule has 0 amide bonds. The van der Waals surface area contributed by atoms with Crippen LogP contribution in [-0.2, 0) is 0 Å². The third-order valence-corrected chi connectivity index (χ3v) is 4.51. The molecule has 2 aliphatic rings. The van der Waals surface area contributed by atoms with Crippen LogP contribution in [0.1, 0.15) is 50.0 Å². The minimum Gasteiger partial charge on any atom is -0.311 e.